The van der Waals surface area contributed by atoms with Crippen molar-refractivity contribution in [3.63, 3.8) is 0 Å². The molecule has 0 nitrogen and oxygen atoms in total. The van der Waals surface area contributed by atoms with E-state index >= 15 is 0 Å². The number of hydrogen-bond acceptors (Lipinski definition) is 0. The van der Waals surface area contributed by atoms with Crippen molar-refractivity contribution in [2.75, 3.05) is 0 Å². The van der Waals surface area contributed by atoms with Gasteiger partial charge >= 0.3 is 23.2 Å². The Morgan fingerprint density at radius 3 is 2.00 bits per heavy atom. The Balaban J connectivity index is 0.00000169. The van der Waals surface area contributed by atoms with Gasteiger partial charge in [-0.1, -0.05) is 23.8 Å². The fourth-order valence-electron chi connectivity index (χ4n) is 0.877. The first kappa shape index (κ1) is 13.6. The molecule has 1 rings (SSSR count). The number of halogens is 4. The van der Waals surface area contributed by atoms with Gasteiger partial charge in [0, 0.05) is 0 Å². The summed E-state index contributed by atoms with van der Waals surface area (Å²) in [6.07, 6.45) is -4.46. The molecule has 5 heteroatoms. The van der Waals surface area contributed by atoms with Crippen molar-refractivity contribution in [1.82, 2.24) is 0 Å². The Morgan fingerprint density at radius 1 is 1.14 bits per heavy atom. The maximum atomic E-state index is 12.2. The molecule has 0 aliphatic carbocycles. The van der Waals surface area contributed by atoms with Gasteiger partial charge in [-0.05, 0) is 0 Å². The summed E-state index contributed by atoms with van der Waals surface area (Å²) in [6, 6.07) is 7.31. The molecule has 0 spiro atoms. The van der Waals surface area contributed by atoms with Crippen molar-refractivity contribution >= 4 is 17.2 Å². The van der Waals surface area contributed by atoms with Crippen LogP contribution < -0.4 is 0 Å². The van der Waals surface area contributed by atoms with Crippen molar-refractivity contribution in [2.24, 2.45) is 0 Å². The third-order valence-electron chi connectivity index (χ3n) is 1.44. The number of rotatable bonds is 1. The first-order valence-corrected chi connectivity index (χ1v) is 3.79. The molecule has 0 radical (unpaired) electrons. The summed E-state index contributed by atoms with van der Waals surface area (Å²) in [6.45, 7) is 0. The summed E-state index contributed by atoms with van der Waals surface area (Å²) >= 11 is 4.98. The van der Waals surface area contributed by atoms with Crippen LogP contribution in [0.15, 0.2) is 30.3 Å². The van der Waals surface area contributed by atoms with Crippen LogP contribution >= 0.6 is 11.6 Å². The molecule has 0 aromatic heterocycles. The van der Waals surface area contributed by atoms with Crippen molar-refractivity contribution in [3.8, 4) is 0 Å². The van der Waals surface area contributed by atoms with Crippen LogP contribution in [0.1, 0.15) is 5.56 Å². The molecule has 14 heavy (non-hydrogen) atoms. The Morgan fingerprint density at radius 2 is 1.64 bits per heavy atom. The van der Waals surface area contributed by atoms with E-state index in [1.807, 2.05) is 0 Å². The largest absolute Gasteiger partial charge is 1.00 e. The molecule has 80 valence electrons. The van der Waals surface area contributed by atoms with Gasteiger partial charge in [-0.2, -0.15) is 24.3 Å². The van der Waals surface area contributed by atoms with Gasteiger partial charge in [-0.15, -0.1) is 12.1 Å². The second kappa shape index (κ2) is 5.44. The Bertz CT molecular complexity index is 306. The summed E-state index contributed by atoms with van der Waals surface area (Å²) in [4.78, 5) is 0. The van der Waals surface area contributed by atoms with Crippen molar-refractivity contribution < 1.29 is 30.2 Å². The first-order chi connectivity index (χ1) is 6.05. The Kier molecular flexibility index (Phi) is 5.27. The number of hydrogen-bond donors (Lipinski definition) is 0. The van der Waals surface area contributed by atoms with Crippen molar-refractivity contribution in [3.05, 3.63) is 41.4 Å². The molecular formula is C9H5ClCuF3. The molecular weight excluding hydrogens is 264 g/mol. The van der Waals surface area contributed by atoms with Gasteiger partial charge in [0.2, 0.25) is 0 Å². The summed E-state index contributed by atoms with van der Waals surface area (Å²) < 4.78 is 36.7. The minimum atomic E-state index is -4.46. The molecule has 0 atom stereocenters. The van der Waals surface area contributed by atoms with Crippen molar-refractivity contribution in [2.45, 2.75) is 6.18 Å². The average molecular weight is 269 g/mol. The van der Waals surface area contributed by atoms with E-state index in [1.165, 1.54) is 24.3 Å². The van der Waals surface area contributed by atoms with Crippen LogP contribution in [-0.4, -0.2) is 6.18 Å². The molecule has 0 unspecified atom stereocenters. The van der Waals surface area contributed by atoms with E-state index in [2.05, 4.69) is 0 Å². The van der Waals surface area contributed by atoms with E-state index in [0.29, 0.717) is 0 Å². The van der Waals surface area contributed by atoms with Crippen LogP contribution in [0.4, 0.5) is 13.2 Å². The van der Waals surface area contributed by atoms with E-state index in [0.717, 1.165) is 0 Å². The van der Waals surface area contributed by atoms with Gasteiger partial charge in [0.1, 0.15) is 0 Å². The minimum absolute atomic E-state index is 0. The SMILES string of the molecule is FC(F)(F)C(=[C-]Cl)c1ccccc1.[Cu+]. The number of allylic oxidation sites excluding steroid dienone is 1. The predicted octanol–water partition coefficient (Wildman–Crippen LogP) is 3.63. The second-order valence-corrected chi connectivity index (χ2v) is 2.52. The standard InChI is InChI=1S/C9H5ClF3.Cu/c10-6-8(9(11,12)13)7-4-2-1-3-5-7;/h1-5H;/q-1;+1. The fourth-order valence-corrected chi connectivity index (χ4v) is 1.09. The monoisotopic (exact) mass is 268 g/mol. The molecule has 0 N–H and O–H groups in total. The van der Waals surface area contributed by atoms with E-state index in [-0.39, 0.29) is 22.6 Å². The number of alkyl halides is 3. The first-order valence-electron chi connectivity index (χ1n) is 3.42. The van der Waals surface area contributed by atoms with Crippen LogP contribution in [-0.2, 0) is 17.1 Å². The molecule has 0 amide bonds. The van der Waals surface area contributed by atoms with Gasteiger partial charge in [-0.25, -0.2) is 11.6 Å². The van der Waals surface area contributed by atoms with E-state index < -0.39 is 11.7 Å². The zero-order valence-corrected chi connectivity index (χ0v) is 8.40. The minimum Gasteiger partial charge on any atom is -0.224 e. The van der Waals surface area contributed by atoms with E-state index in [1.54, 1.807) is 11.6 Å². The van der Waals surface area contributed by atoms with Crippen molar-refractivity contribution in [1.29, 1.82) is 0 Å². The second-order valence-electron chi connectivity index (χ2n) is 2.33. The maximum Gasteiger partial charge on any atom is 1.00 e. The Labute approximate surface area is 95.2 Å². The average Bonchev–Trinajstić information content (AvgIpc) is 2.05. The summed E-state index contributed by atoms with van der Waals surface area (Å²) in [5.74, 6) is 0. The maximum absolute atomic E-state index is 12.2. The Hall–Kier alpha value is -0.441. The van der Waals surface area contributed by atoms with Crippen LogP contribution in [0.25, 0.3) is 5.57 Å². The molecule has 0 fully saturated rings. The van der Waals surface area contributed by atoms with Crippen LogP contribution in [0.3, 0.4) is 0 Å². The van der Waals surface area contributed by atoms with Crippen LogP contribution in [0.5, 0.6) is 0 Å². The molecule has 1 aromatic carbocycles. The molecule has 0 saturated heterocycles. The summed E-state index contributed by atoms with van der Waals surface area (Å²) in [5, 5.41) is 0. The fraction of sp³-hybridized carbons (Fsp3) is 0.111. The summed E-state index contributed by atoms with van der Waals surface area (Å²) in [5.41, 5.74) is 0.691. The molecule has 0 heterocycles. The van der Waals surface area contributed by atoms with Gasteiger partial charge in [0.25, 0.3) is 0 Å². The zero-order valence-electron chi connectivity index (χ0n) is 6.70. The quantitative estimate of drug-likeness (QED) is 0.539. The topological polar surface area (TPSA) is 0 Å². The predicted molar refractivity (Wildman–Crippen MR) is 45.0 cm³/mol. The van der Waals surface area contributed by atoms with Gasteiger partial charge in [0.15, 0.2) is 0 Å². The van der Waals surface area contributed by atoms with E-state index in [9.17, 15) is 13.2 Å². The molecule has 0 saturated carbocycles. The molecule has 0 aliphatic heterocycles. The smallest absolute Gasteiger partial charge is 0.224 e. The van der Waals surface area contributed by atoms with Gasteiger partial charge in [-0.3, -0.25) is 0 Å². The van der Waals surface area contributed by atoms with Gasteiger partial charge in [0.05, 0.1) is 0 Å². The third-order valence-corrected chi connectivity index (χ3v) is 1.63. The summed E-state index contributed by atoms with van der Waals surface area (Å²) in [7, 11) is 0. The van der Waals surface area contributed by atoms with E-state index in [4.69, 9.17) is 11.6 Å². The third kappa shape index (κ3) is 3.37. The van der Waals surface area contributed by atoms with Gasteiger partial charge < -0.3 is 0 Å². The molecule has 1 aromatic rings. The number of benzene rings is 1. The van der Waals surface area contributed by atoms with Crippen LogP contribution in [0, 0.1) is 5.54 Å². The normalized spacial score (nSPS) is 12.1. The zero-order chi connectivity index (χ0) is 9.90. The molecule has 0 bridgehead atoms. The molecule has 0 aliphatic rings. The van der Waals surface area contributed by atoms with Crippen LogP contribution in [0.2, 0.25) is 0 Å².